The van der Waals surface area contributed by atoms with Crippen LogP contribution in [0.15, 0.2) is 24.3 Å². The Bertz CT molecular complexity index is 316. The van der Waals surface area contributed by atoms with Crippen LogP contribution in [0.2, 0.25) is 0 Å². The van der Waals surface area contributed by atoms with E-state index < -0.39 is 0 Å². The maximum atomic E-state index is 11.4. The van der Waals surface area contributed by atoms with Crippen LogP contribution in [0.3, 0.4) is 0 Å². The zero-order valence-electron chi connectivity index (χ0n) is 8.07. The molecule has 0 atom stereocenters. The molecule has 5 heteroatoms. The third-order valence-corrected chi connectivity index (χ3v) is 3.25. The molecule has 0 saturated carbocycles. The molecule has 0 heterocycles. The molecule has 1 rings (SSSR count). The zero-order valence-corrected chi connectivity index (χ0v) is 11.0. The Kier molecular flexibility index (Phi) is 6.04. The molecule has 0 aromatic heterocycles. The second-order valence-electron chi connectivity index (χ2n) is 2.83. The number of carbonyl (C=O) groups excluding carboxylic acids is 1. The first-order valence-electron chi connectivity index (χ1n) is 4.46. The van der Waals surface area contributed by atoms with E-state index in [9.17, 15) is 4.79 Å². The van der Waals surface area contributed by atoms with Gasteiger partial charge in [0, 0.05) is 15.0 Å². The minimum atomic E-state index is -0.0327. The van der Waals surface area contributed by atoms with Crippen molar-refractivity contribution in [1.29, 1.82) is 0 Å². The van der Waals surface area contributed by atoms with Gasteiger partial charge in [0.1, 0.15) is 0 Å². The average molecular weight is 337 g/mol. The number of thioether (sulfide) groups is 1. The molecule has 0 radical (unpaired) electrons. The smallest absolute Gasteiger partial charge is 0.234 e. The van der Waals surface area contributed by atoms with E-state index in [2.05, 4.69) is 27.9 Å². The van der Waals surface area contributed by atoms with Crippen molar-refractivity contribution >= 4 is 45.9 Å². The van der Waals surface area contributed by atoms with Crippen molar-refractivity contribution in [1.82, 2.24) is 0 Å². The second-order valence-corrected chi connectivity index (χ2v) is 5.18. The third kappa shape index (κ3) is 5.39. The first-order chi connectivity index (χ1) is 7.22. The van der Waals surface area contributed by atoms with Crippen LogP contribution in [0.5, 0.6) is 0 Å². The van der Waals surface area contributed by atoms with Gasteiger partial charge >= 0.3 is 0 Å². The van der Waals surface area contributed by atoms with Crippen LogP contribution < -0.4 is 5.32 Å². The van der Waals surface area contributed by atoms with Crippen LogP contribution in [0.4, 0.5) is 5.69 Å². The number of nitrogens with one attached hydrogen (secondary N) is 1. The number of anilines is 1. The van der Waals surface area contributed by atoms with Gasteiger partial charge in [-0.25, -0.2) is 0 Å². The number of rotatable bonds is 5. The largest absolute Gasteiger partial charge is 0.396 e. The highest BCUT2D eigenvalue weighted by molar-refractivity contribution is 14.1. The summed E-state index contributed by atoms with van der Waals surface area (Å²) in [6, 6.07) is 7.63. The predicted molar refractivity (Wildman–Crippen MR) is 72.2 cm³/mol. The molecular weight excluding hydrogens is 325 g/mol. The van der Waals surface area contributed by atoms with Crippen molar-refractivity contribution in [3.05, 3.63) is 27.8 Å². The van der Waals surface area contributed by atoms with E-state index in [-0.39, 0.29) is 12.5 Å². The van der Waals surface area contributed by atoms with Crippen molar-refractivity contribution < 1.29 is 9.90 Å². The molecule has 1 aromatic rings. The quantitative estimate of drug-likeness (QED) is 0.638. The van der Waals surface area contributed by atoms with Crippen LogP contribution in [0.1, 0.15) is 0 Å². The van der Waals surface area contributed by atoms with Gasteiger partial charge in [-0.05, 0) is 46.9 Å². The highest BCUT2D eigenvalue weighted by Crippen LogP contribution is 2.11. The fourth-order valence-electron chi connectivity index (χ4n) is 0.960. The summed E-state index contributed by atoms with van der Waals surface area (Å²) in [5, 5.41) is 11.3. The average Bonchev–Trinajstić information content (AvgIpc) is 2.22. The zero-order chi connectivity index (χ0) is 11.1. The van der Waals surface area contributed by atoms with Gasteiger partial charge in [-0.3, -0.25) is 4.79 Å². The molecule has 82 valence electrons. The highest BCUT2D eigenvalue weighted by atomic mass is 127. The summed E-state index contributed by atoms with van der Waals surface area (Å²) < 4.78 is 1.14. The van der Waals surface area contributed by atoms with Gasteiger partial charge in [-0.15, -0.1) is 11.8 Å². The molecule has 3 nitrogen and oxygen atoms in total. The standard InChI is InChI=1S/C10H12INO2S/c11-8-1-3-9(4-2-8)12-10(14)7-15-6-5-13/h1-4,13H,5-7H2,(H,12,14). The predicted octanol–water partition coefficient (Wildman–Crippen LogP) is 1.96. The van der Waals surface area contributed by atoms with E-state index in [1.54, 1.807) is 0 Å². The molecule has 0 bridgehead atoms. The van der Waals surface area contributed by atoms with Gasteiger partial charge in [-0.1, -0.05) is 0 Å². The van der Waals surface area contributed by atoms with Gasteiger partial charge < -0.3 is 10.4 Å². The molecule has 0 aliphatic heterocycles. The summed E-state index contributed by atoms with van der Waals surface area (Å²) in [6.07, 6.45) is 0. The van der Waals surface area contributed by atoms with Gasteiger partial charge in [0.15, 0.2) is 0 Å². The fourth-order valence-corrected chi connectivity index (χ4v) is 1.85. The molecular formula is C10H12INO2S. The molecule has 0 aliphatic rings. The molecule has 0 fully saturated rings. The van der Waals surface area contributed by atoms with Crippen molar-refractivity contribution in [2.24, 2.45) is 0 Å². The molecule has 0 spiro atoms. The molecule has 0 unspecified atom stereocenters. The lowest BCUT2D eigenvalue weighted by Gasteiger charge is -2.04. The lowest BCUT2D eigenvalue weighted by atomic mass is 10.3. The minimum absolute atomic E-state index is 0.0327. The van der Waals surface area contributed by atoms with E-state index in [1.807, 2.05) is 24.3 Å². The van der Waals surface area contributed by atoms with Crippen molar-refractivity contribution in [3.8, 4) is 0 Å². The number of halogens is 1. The number of aliphatic hydroxyl groups excluding tert-OH is 1. The van der Waals surface area contributed by atoms with Crippen molar-refractivity contribution in [2.75, 3.05) is 23.4 Å². The molecule has 15 heavy (non-hydrogen) atoms. The molecule has 0 saturated heterocycles. The van der Waals surface area contributed by atoms with Crippen LogP contribution in [0.25, 0.3) is 0 Å². The van der Waals surface area contributed by atoms with E-state index in [4.69, 9.17) is 5.11 Å². The Morgan fingerprint density at radius 3 is 2.67 bits per heavy atom. The van der Waals surface area contributed by atoms with Crippen molar-refractivity contribution in [2.45, 2.75) is 0 Å². The summed E-state index contributed by atoms with van der Waals surface area (Å²) in [6.45, 7) is 0.113. The Hall–Kier alpha value is -0.270. The van der Waals surface area contributed by atoms with Gasteiger partial charge in [-0.2, -0.15) is 0 Å². The Labute approximate surface area is 107 Å². The van der Waals surface area contributed by atoms with Crippen LogP contribution >= 0.6 is 34.4 Å². The van der Waals surface area contributed by atoms with Crippen LogP contribution in [0, 0.1) is 3.57 Å². The topological polar surface area (TPSA) is 49.3 Å². The summed E-state index contributed by atoms with van der Waals surface area (Å²) in [4.78, 5) is 11.4. The van der Waals surface area contributed by atoms with E-state index in [0.29, 0.717) is 11.5 Å². The molecule has 1 amide bonds. The lowest BCUT2D eigenvalue weighted by Crippen LogP contribution is -2.14. The Balaban J connectivity index is 2.34. The monoisotopic (exact) mass is 337 g/mol. The minimum Gasteiger partial charge on any atom is -0.396 e. The van der Waals surface area contributed by atoms with E-state index in [0.717, 1.165) is 9.26 Å². The van der Waals surface area contributed by atoms with Crippen LogP contribution in [-0.4, -0.2) is 29.1 Å². The lowest BCUT2D eigenvalue weighted by molar-refractivity contribution is -0.113. The summed E-state index contributed by atoms with van der Waals surface area (Å²) in [5.74, 6) is 0.946. The van der Waals surface area contributed by atoms with Gasteiger partial charge in [0.05, 0.1) is 12.4 Å². The van der Waals surface area contributed by atoms with E-state index >= 15 is 0 Å². The Morgan fingerprint density at radius 2 is 2.07 bits per heavy atom. The maximum Gasteiger partial charge on any atom is 0.234 e. The molecule has 1 aromatic carbocycles. The maximum absolute atomic E-state index is 11.4. The first-order valence-corrected chi connectivity index (χ1v) is 6.70. The number of hydrogen-bond acceptors (Lipinski definition) is 3. The summed E-state index contributed by atoms with van der Waals surface area (Å²) >= 11 is 3.63. The number of carbonyl (C=O) groups is 1. The van der Waals surface area contributed by atoms with Crippen molar-refractivity contribution in [3.63, 3.8) is 0 Å². The number of aliphatic hydroxyl groups is 1. The number of benzene rings is 1. The molecule has 2 N–H and O–H groups in total. The second kappa shape index (κ2) is 7.08. The summed E-state index contributed by atoms with van der Waals surface area (Å²) in [7, 11) is 0. The highest BCUT2D eigenvalue weighted by Gasteiger charge is 2.01. The Morgan fingerprint density at radius 1 is 1.40 bits per heavy atom. The number of hydrogen-bond donors (Lipinski definition) is 2. The third-order valence-electron chi connectivity index (χ3n) is 1.60. The first kappa shape index (κ1) is 12.8. The van der Waals surface area contributed by atoms with Gasteiger partial charge in [0.2, 0.25) is 5.91 Å². The SMILES string of the molecule is O=C(CSCCO)Nc1ccc(I)cc1. The fraction of sp³-hybridized carbons (Fsp3) is 0.300. The van der Waals surface area contributed by atoms with Gasteiger partial charge in [0.25, 0.3) is 0 Å². The molecule has 0 aliphatic carbocycles. The van der Waals surface area contributed by atoms with Crippen LogP contribution in [-0.2, 0) is 4.79 Å². The summed E-state index contributed by atoms with van der Waals surface area (Å²) in [5.41, 5.74) is 0.810. The normalized spacial score (nSPS) is 10.0. The number of amides is 1. The van der Waals surface area contributed by atoms with E-state index in [1.165, 1.54) is 11.8 Å².